The third kappa shape index (κ3) is 5.97. The van der Waals surface area contributed by atoms with Crippen LogP contribution >= 0.6 is 0 Å². The molecule has 1 aromatic rings. The summed E-state index contributed by atoms with van der Waals surface area (Å²) >= 11 is 0. The van der Waals surface area contributed by atoms with Crippen LogP contribution in [0.15, 0.2) is 12.4 Å². The first-order valence-electron chi connectivity index (χ1n) is 5.55. The number of carbonyl (C=O) groups excluding carboxylic acids is 1. The van der Waals surface area contributed by atoms with Crippen LogP contribution in [0.4, 0.5) is 15.1 Å². The van der Waals surface area contributed by atoms with Crippen LogP contribution in [0.5, 0.6) is 0 Å². The lowest BCUT2D eigenvalue weighted by atomic mass is 10.2. The number of nitrogens with one attached hydrogen (secondary N) is 2. The zero-order valence-electron chi connectivity index (χ0n) is 10.7. The van der Waals surface area contributed by atoms with Gasteiger partial charge in [-0.25, -0.2) is 19.2 Å². The van der Waals surface area contributed by atoms with Gasteiger partial charge in [-0.3, -0.25) is 0 Å². The fourth-order valence-corrected chi connectivity index (χ4v) is 1.06. The average molecular weight is 256 g/mol. The van der Waals surface area contributed by atoms with Crippen molar-refractivity contribution in [2.45, 2.75) is 26.4 Å². The number of hydrogen-bond donors (Lipinski definition) is 2. The highest BCUT2D eigenvalue weighted by Gasteiger charge is 2.15. The molecule has 1 amide bonds. The highest BCUT2D eigenvalue weighted by atomic mass is 19.1. The van der Waals surface area contributed by atoms with Crippen molar-refractivity contribution >= 4 is 12.0 Å². The Morgan fingerprint density at radius 2 is 1.94 bits per heavy atom. The highest BCUT2D eigenvalue weighted by molar-refractivity contribution is 5.67. The second-order valence-electron chi connectivity index (χ2n) is 4.58. The molecule has 1 heterocycles. The smallest absolute Gasteiger partial charge is 0.407 e. The van der Waals surface area contributed by atoms with E-state index in [-0.39, 0.29) is 0 Å². The predicted octanol–water partition coefficient (Wildman–Crippen LogP) is 1.55. The molecule has 18 heavy (non-hydrogen) atoms. The van der Waals surface area contributed by atoms with Gasteiger partial charge in [0.15, 0.2) is 5.82 Å². The van der Waals surface area contributed by atoms with Crippen molar-refractivity contribution in [2.24, 2.45) is 0 Å². The quantitative estimate of drug-likeness (QED) is 0.799. The molecule has 0 aliphatic heterocycles. The molecule has 0 aliphatic carbocycles. The maximum atomic E-state index is 12.5. The van der Waals surface area contributed by atoms with Crippen molar-refractivity contribution in [3.8, 4) is 0 Å². The minimum Gasteiger partial charge on any atom is -0.444 e. The van der Waals surface area contributed by atoms with Crippen molar-refractivity contribution in [1.29, 1.82) is 0 Å². The van der Waals surface area contributed by atoms with Crippen molar-refractivity contribution in [3.63, 3.8) is 0 Å². The molecule has 0 fully saturated rings. The number of hydrogen-bond acceptors (Lipinski definition) is 5. The van der Waals surface area contributed by atoms with Gasteiger partial charge < -0.3 is 15.4 Å². The van der Waals surface area contributed by atoms with Gasteiger partial charge in [-0.1, -0.05) is 0 Å². The fourth-order valence-electron chi connectivity index (χ4n) is 1.06. The van der Waals surface area contributed by atoms with E-state index in [2.05, 4.69) is 20.6 Å². The van der Waals surface area contributed by atoms with Crippen molar-refractivity contribution in [1.82, 2.24) is 15.3 Å². The summed E-state index contributed by atoms with van der Waals surface area (Å²) in [5.74, 6) is -0.185. The largest absolute Gasteiger partial charge is 0.444 e. The number of amides is 1. The molecule has 0 spiro atoms. The van der Waals surface area contributed by atoms with E-state index >= 15 is 0 Å². The van der Waals surface area contributed by atoms with Gasteiger partial charge in [0, 0.05) is 13.1 Å². The van der Waals surface area contributed by atoms with E-state index in [0.29, 0.717) is 19.0 Å². The van der Waals surface area contributed by atoms with Crippen LogP contribution in [0, 0.1) is 5.82 Å². The molecule has 0 radical (unpaired) electrons. The Morgan fingerprint density at radius 1 is 1.33 bits per heavy atom. The summed E-state index contributed by atoms with van der Waals surface area (Å²) in [7, 11) is 0. The molecule has 100 valence electrons. The number of aromatic nitrogens is 2. The Kier molecular flexibility index (Phi) is 4.82. The van der Waals surface area contributed by atoms with E-state index in [1.54, 1.807) is 20.8 Å². The summed E-state index contributed by atoms with van der Waals surface area (Å²) in [6, 6.07) is 0. The van der Waals surface area contributed by atoms with Crippen LogP contribution in [-0.2, 0) is 4.74 Å². The van der Waals surface area contributed by atoms with E-state index in [1.165, 1.54) is 0 Å². The molecule has 0 atom stereocenters. The number of alkyl carbamates (subject to hydrolysis) is 1. The monoisotopic (exact) mass is 256 g/mol. The SMILES string of the molecule is CC(C)(C)OC(=O)NCCNc1ncc(F)cn1. The minimum atomic E-state index is -0.516. The molecule has 0 aliphatic rings. The molecule has 6 nitrogen and oxygen atoms in total. The van der Waals surface area contributed by atoms with Crippen LogP contribution in [0.3, 0.4) is 0 Å². The molecule has 0 aromatic carbocycles. The normalized spacial score (nSPS) is 10.9. The van der Waals surface area contributed by atoms with Gasteiger partial charge in [0.05, 0.1) is 12.4 Å². The second-order valence-corrected chi connectivity index (χ2v) is 4.58. The number of nitrogens with zero attached hydrogens (tertiary/aromatic N) is 2. The zero-order valence-corrected chi connectivity index (χ0v) is 10.7. The number of rotatable bonds is 4. The van der Waals surface area contributed by atoms with Crippen LogP contribution in [0.1, 0.15) is 20.8 Å². The van der Waals surface area contributed by atoms with E-state index in [1.807, 2.05) is 0 Å². The Bertz CT molecular complexity index is 389. The van der Waals surface area contributed by atoms with Gasteiger partial charge in [-0.15, -0.1) is 0 Å². The van der Waals surface area contributed by atoms with Gasteiger partial charge in [-0.2, -0.15) is 0 Å². The molecule has 0 saturated carbocycles. The lowest BCUT2D eigenvalue weighted by Gasteiger charge is -2.19. The lowest BCUT2D eigenvalue weighted by Crippen LogP contribution is -2.35. The maximum absolute atomic E-state index is 12.5. The van der Waals surface area contributed by atoms with Crippen LogP contribution in [-0.4, -0.2) is 34.8 Å². The van der Waals surface area contributed by atoms with Gasteiger partial charge in [-0.05, 0) is 20.8 Å². The summed E-state index contributed by atoms with van der Waals surface area (Å²) in [5.41, 5.74) is -0.516. The number of carbonyl (C=O) groups is 1. The molecule has 1 aromatic heterocycles. The highest BCUT2D eigenvalue weighted by Crippen LogP contribution is 2.06. The number of halogens is 1. The summed E-state index contributed by atoms with van der Waals surface area (Å²) in [6.07, 6.45) is 1.65. The minimum absolute atomic E-state index is 0.308. The molecule has 1 rings (SSSR count). The zero-order chi connectivity index (χ0) is 13.6. The molecular weight excluding hydrogens is 239 g/mol. The standard InChI is InChI=1S/C11H17FN4O2/c1-11(2,3)18-10(17)14-5-4-13-9-15-6-8(12)7-16-9/h6-7H,4-5H2,1-3H3,(H,14,17)(H,13,15,16). The average Bonchev–Trinajstić information content (AvgIpc) is 2.24. The first kappa shape index (κ1) is 14.1. The molecule has 0 bridgehead atoms. The van der Waals surface area contributed by atoms with Gasteiger partial charge in [0.2, 0.25) is 5.95 Å². The van der Waals surface area contributed by atoms with E-state index < -0.39 is 17.5 Å². The molecule has 7 heteroatoms. The summed E-state index contributed by atoms with van der Waals surface area (Å²) < 4.78 is 17.6. The van der Waals surface area contributed by atoms with Crippen LogP contribution in [0.2, 0.25) is 0 Å². The first-order chi connectivity index (χ1) is 8.37. The molecular formula is C11H17FN4O2. The lowest BCUT2D eigenvalue weighted by molar-refractivity contribution is 0.0530. The van der Waals surface area contributed by atoms with Crippen molar-refractivity contribution in [2.75, 3.05) is 18.4 Å². The topological polar surface area (TPSA) is 76.1 Å². The Labute approximate surface area is 105 Å². The van der Waals surface area contributed by atoms with Gasteiger partial charge >= 0.3 is 6.09 Å². The Morgan fingerprint density at radius 3 is 2.50 bits per heavy atom. The number of anilines is 1. The van der Waals surface area contributed by atoms with Gasteiger partial charge in [0.1, 0.15) is 5.60 Å². The summed E-state index contributed by atoms with van der Waals surface area (Å²) in [4.78, 5) is 18.7. The van der Waals surface area contributed by atoms with E-state index in [0.717, 1.165) is 12.4 Å². The molecule has 0 saturated heterocycles. The number of ether oxygens (including phenoxy) is 1. The predicted molar refractivity (Wildman–Crippen MR) is 64.7 cm³/mol. The third-order valence-corrected chi connectivity index (χ3v) is 1.70. The Hall–Kier alpha value is -1.92. The maximum Gasteiger partial charge on any atom is 0.407 e. The Balaban J connectivity index is 2.19. The second kappa shape index (κ2) is 6.13. The van der Waals surface area contributed by atoms with Crippen LogP contribution in [0.25, 0.3) is 0 Å². The van der Waals surface area contributed by atoms with E-state index in [9.17, 15) is 9.18 Å². The van der Waals surface area contributed by atoms with Crippen molar-refractivity contribution < 1.29 is 13.9 Å². The van der Waals surface area contributed by atoms with E-state index in [4.69, 9.17) is 4.74 Å². The van der Waals surface area contributed by atoms with Crippen molar-refractivity contribution in [3.05, 3.63) is 18.2 Å². The summed E-state index contributed by atoms with van der Waals surface area (Å²) in [6.45, 7) is 6.14. The first-order valence-corrected chi connectivity index (χ1v) is 5.55. The van der Waals surface area contributed by atoms with Gasteiger partial charge in [0.25, 0.3) is 0 Å². The molecule has 0 unspecified atom stereocenters. The fraction of sp³-hybridized carbons (Fsp3) is 0.545. The third-order valence-electron chi connectivity index (χ3n) is 1.70. The van der Waals surface area contributed by atoms with Crippen LogP contribution < -0.4 is 10.6 Å². The summed E-state index contributed by atoms with van der Waals surface area (Å²) in [5, 5.41) is 5.40. The molecule has 2 N–H and O–H groups in total.